The van der Waals surface area contributed by atoms with Gasteiger partial charge in [0.1, 0.15) is 17.3 Å². The van der Waals surface area contributed by atoms with Crippen LogP contribution < -0.4 is 9.47 Å². The third-order valence-corrected chi connectivity index (χ3v) is 6.53. The summed E-state index contributed by atoms with van der Waals surface area (Å²) in [7, 11) is -3.66. The van der Waals surface area contributed by atoms with Crippen LogP contribution in [0.3, 0.4) is 0 Å². The number of carbonyl (C=O) groups is 1. The molecule has 2 heterocycles. The fourth-order valence-electron chi connectivity index (χ4n) is 3.34. The number of carbonyl (C=O) groups excluding carboxylic acids is 1. The maximum Gasteiger partial charge on any atom is 0.231 e. The first kappa shape index (κ1) is 21.1. The number of Topliss-reactive ketones (excluding diaryl/α,β-unsaturated/α-hetero) is 1. The molecule has 0 aliphatic carbocycles. The van der Waals surface area contributed by atoms with E-state index in [0.717, 1.165) is 16.7 Å². The van der Waals surface area contributed by atoms with Crippen molar-refractivity contribution in [2.75, 3.05) is 12.5 Å². The van der Waals surface area contributed by atoms with Gasteiger partial charge in [-0.3, -0.25) is 4.79 Å². The molecule has 0 fully saturated rings. The fourth-order valence-corrected chi connectivity index (χ4v) is 4.76. The largest absolute Gasteiger partial charge is 0.454 e. The van der Waals surface area contributed by atoms with Crippen molar-refractivity contribution in [3.63, 3.8) is 0 Å². The number of ether oxygens (including phenoxy) is 2. The SMILES string of the molecule is Cc1ccc(-c2nc(CS(=O)(=O)CC(=O)CCc3ccc4c(c3)OCO4)c(C)o2)cc1. The molecule has 1 aliphatic rings. The van der Waals surface area contributed by atoms with Gasteiger partial charge in [-0.15, -0.1) is 0 Å². The van der Waals surface area contributed by atoms with Gasteiger partial charge in [-0.25, -0.2) is 13.4 Å². The van der Waals surface area contributed by atoms with E-state index in [2.05, 4.69) is 4.98 Å². The summed E-state index contributed by atoms with van der Waals surface area (Å²) in [4.78, 5) is 16.7. The first-order valence-electron chi connectivity index (χ1n) is 9.93. The number of hydrogen-bond donors (Lipinski definition) is 0. The lowest BCUT2D eigenvalue weighted by molar-refractivity contribution is -0.116. The van der Waals surface area contributed by atoms with Gasteiger partial charge in [0.25, 0.3) is 0 Å². The van der Waals surface area contributed by atoms with E-state index in [1.54, 1.807) is 13.0 Å². The van der Waals surface area contributed by atoms with Gasteiger partial charge in [-0.2, -0.15) is 0 Å². The minimum Gasteiger partial charge on any atom is -0.454 e. The minimum atomic E-state index is -3.66. The summed E-state index contributed by atoms with van der Waals surface area (Å²) < 4.78 is 41.4. The molecule has 8 heteroatoms. The molecular formula is C23H23NO6S. The van der Waals surface area contributed by atoms with E-state index < -0.39 is 15.6 Å². The summed E-state index contributed by atoms with van der Waals surface area (Å²) in [5.74, 6) is 0.934. The summed E-state index contributed by atoms with van der Waals surface area (Å²) in [5, 5.41) is 0. The summed E-state index contributed by atoms with van der Waals surface area (Å²) in [6.07, 6.45) is 0.566. The van der Waals surface area contributed by atoms with Crippen molar-refractivity contribution >= 4 is 15.6 Å². The van der Waals surface area contributed by atoms with Crippen LogP contribution in [0.15, 0.2) is 46.9 Å². The van der Waals surface area contributed by atoms with Crippen LogP contribution in [0.25, 0.3) is 11.5 Å². The first-order chi connectivity index (χ1) is 14.8. The van der Waals surface area contributed by atoms with E-state index in [1.807, 2.05) is 43.3 Å². The molecular weight excluding hydrogens is 418 g/mol. The molecule has 7 nitrogen and oxygen atoms in total. The smallest absolute Gasteiger partial charge is 0.231 e. The highest BCUT2D eigenvalue weighted by atomic mass is 32.2. The third-order valence-electron chi connectivity index (χ3n) is 5.06. The predicted molar refractivity (Wildman–Crippen MR) is 115 cm³/mol. The maximum absolute atomic E-state index is 12.6. The number of fused-ring (bicyclic) bond motifs is 1. The molecule has 162 valence electrons. The van der Waals surface area contributed by atoms with E-state index in [1.165, 1.54) is 0 Å². The Morgan fingerprint density at radius 1 is 1.03 bits per heavy atom. The zero-order valence-corrected chi connectivity index (χ0v) is 18.2. The number of nitrogens with zero attached hydrogens (tertiary/aromatic N) is 1. The number of sulfone groups is 1. The van der Waals surface area contributed by atoms with Crippen LogP contribution in [0.2, 0.25) is 0 Å². The number of rotatable bonds is 8. The van der Waals surface area contributed by atoms with Gasteiger partial charge in [0.2, 0.25) is 12.7 Å². The quantitative estimate of drug-likeness (QED) is 0.524. The van der Waals surface area contributed by atoms with Gasteiger partial charge in [0.15, 0.2) is 21.3 Å². The molecule has 0 saturated carbocycles. The Morgan fingerprint density at radius 3 is 2.55 bits per heavy atom. The number of hydrogen-bond acceptors (Lipinski definition) is 7. The average molecular weight is 442 g/mol. The number of ketones is 1. The van der Waals surface area contributed by atoms with Crippen molar-refractivity contribution in [3.05, 3.63) is 65.0 Å². The summed E-state index contributed by atoms with van der Waals surface area (Å²) >= 11 is 0. The van der Waals surface area contributed by atoms with Crippen LogP contribution in [0.1, 0.15) is 29.0 Å². The Bertz CT molecular complexity index is 1210. The van der Waals surface area contributed by atoms with Crippen LogP contribution >= 0.6 is 0 Å². The molecule has 1 aromatic heterocycles. The van der Waals surface area contributed by atoms with Gasteiger partial charge < -0.3 is 13.9 Å². The topological polar surface area (TPSA) is 95.7 Å². The molecule has 0 radical (unpaired) electrons. The summed E-state index contributed by atoms with van der Waals surface area (Å²) in [6, 6.07) is 13.1. The Labute approximate surface area is 180 Å². The second kappa shape index (κ2) is 8.55. The van der Waals surface area contributed by atoms with Crippen molar-refractivity contribution in [1.29, 1.82) is 0 Å². The maximum atomic E-state index is 12.6. The third kappa shape index (κ3) is 5.14. The molecule has 2 aromatic carbocycles. The normalized spacial score (nSPS) is 12.8. The Morgan fingerprint density at radius 2 is 1.77 bits per heavy atom. The van der Waals surface area contributed by atoms with Crippen molar-refractivity contribution in [2.45, 2.75) is 32.4 Å². The van der Waals surface area contributed by atoms with E-state index in [0.29, 0.717) is 35.3 Å². The second-order valence-electron chi connectivity index (χ2n) is 7.65. The molecule has 0 unspecified atom stereocenters. The van der Waals surface area contributed by atoms with E-state index >= 15 is 0 Å². The van der Waals surface area contributed by atoms with Gasteiger partial charge in [0, 0.05) is 12.0 Å². The van der Waals surface area contributed by atoms with Crippen LogP contribution in [0.5, 0.6) is 11.5 Å². The summed E-state index contributed by atoms with van der Waals surface area (Å²) in [5.41, 5.74) is 3.11. The van der Waals surface area contributed by atoms with E-state index in [-0.39, 0.29) is 24.7 Å². The molecule has 0 saturated heterocycles. The molecule has 3 aromatic rings. The van der Waals surface area contributed by atoms with Crippen LogP contribution in [-0.2, 0) is 26.8 Å². The van der Waals surface area contributed by atoms with Crippen molar-refractivity contribution in [1.82, 2.24) is 4.98 Å². The Balaban J connectivity index is 1.36. The highest BCUT2D eigenvalue weighted by molar-refractivity contribution is 7.91. The lowest BCUT2D eigenvalue weighted by Gasteiger charge is -2.04. The van der Waals surface area contributed by atoms with Gasteiger partial charge in [-0.1, -0.05) is 23.8 Å². The lowest BCUT2D eigenvalue weighted by Crippen LogP contribution is -2.18. The Hall–Kier alpha value is -3.13. The van der Waals surface area contributed by atoms with Crippen molar-refractivity contribution in [3.8, 4) is 23.0 Å². The molecule has 0 amide bonds. The first-order valence-corrected chi connectivity index (χ1v) is 11.8. The minimum absolute atomic E-state index is 0.130. The lowest BCUT2D eigenvalue weighted by atomic mass is 10.1. The molecule has 0 atom stereocenters. The monoisotopic (exact) mass is 441 g/mol. The Kier molecular flexibility index (Phi) is 5.82. The summed E-state index contributed by atoms with van der Waals surface area (Å²) in [6.45, 7) is 3.84. The van der Waals surface area contributed by atoms with Crippen LogP contribution in [-0.4, -0.2) is 31.7 Å². The van der Waals surface area contributed by atoms with Crippen LogP contribution in [0.4, 0.5) is 0 Å². The molecule has 0 N–H and O–H groups in total. The standard InChI is InChI=1S/C23H23NO6S/c1-15-3-7-18(8-4-15)23-24-20(16(2)30-23)13-31(26,27)12-19(25)9-5-17-6-10-21-22(11-17)29-14-28-21/h3-4,6-8,10-11H,5,9,12-14H2,1-2H3. The average Bonchev–Trinajstić information content (AvgIpc) is 3.32. The van der Waals surface area contributed by atoms with Gasteiger partial charge in [-0.05, 0) is 50.1 Å². The molecule has 31 heavy (non-hydrogen) atoms. The molecule has 1 aliphatic heterocycles. The molecule has 0 bridgehead atoms. The van der Waals surface area contributed by atoms with E-state index in [9.17, 15) is 13.2 Å². The number of benzene rings is 2. The number of aryl methyl sites for hydroxylation is 3. The van der Waals surface area contributed by atoms with Crippen molar-refractivity contribution < 1.29 is 27.1 Å². The number of oxazole rings is 1. The van der Waals surface area contributed by atoms with Crippen molar-refractivity contribution in [2.24, 2.45) is 0 Å². The van der Waals surface area contributed by atoms with Crippen LogP contribution in [0, 0.1) is 13.8 Å². The van der Waals surface area contributed by atoms with Gasteiger partial charge in [0.05, 0.1) is 11.4 Å². The zero-order chi connectivity index (χ0) is 22.0. The number of aromatic nitrogens is 1. The van der Waals surface area contributed by atoms with E-state index in [4.69, 9.17) is 13.9 Å². The molecule has 4 rings (SSSR count). The molecule has 0 spiro atoms. The van der Waals surface area contributed by atoms with Gasteiger partial charge >= 0.3 is 0 Å². The predicted octanol–water partition coefficient (Wildman–Crippen LogP) is 3.80. The highest BCUT2D eigenvalue weighted by Gasteiger charge is 2.22. The highest BCUT2D eigenvalue weighted by Crippen LogP contribution is 2.32. The fraction of sp³-hybridized carbons (Fsp3) is 0.304. The second-order valence-corrected chi connectivity index (χ2v) is 9.71. The zero-order valence-electron chi connectivity index (χ0n) is 17.4.